The van der Waals surface area contributed by atoms with Gasteiger partial charge in [-0.1, -0.05) is 15.9 Å². The van der Waals surface area contributed by atoms with Crippen LogP contribution in [0.25, 0.3) is 0 Å². The molecule has 27 heavy (non-hydrogen) atoms. The summed E-state index contributed by atoms with van der Waals surface area (Å²) in [6, 6.07) is 5.09. The number of halogens is 2. The van der Waals surface area contributed by atoms with Gasteiger partial charge in [-0.15, -0.1) is 0 Å². The Bertz CT molecular complexity index is 864. The molecule has 1 aromatic carbocycles. The monoisotopic (exact) mass is 523 g/mol. The van der Waals surface area contributed by atoms with Gasteiger partial charge in [-0.25, -0.2) is 13.2 Å². The minimum absolute atomic E-state index is 0.0331. The molecule has 1 spiro atoms. The predicted octanol–water partition coefficient (Wildman–Crippen LogP) is 3.35. The molecule has 0 bridgehead atoms. The second-order valence-electron chi connectivity index (χ2n) is 6.13. The summed E-state index contributed by atoms with van der Waals surface area (Å²) in [6.45, 7) is 2.60. The predicted molar refractivity (Wildman–Crippen MR) is 107 cm³/mol. The first-order valence-corrected chi connectivity index (χ1v) is 11.5. The zero-order chi connectivity index (χ0) is 19.7. The van der Waals surface area contributed by atoms with Crippen LogP contribution in [-0.2, 0) is 29.0 Å². The molecule has 1 fully saturated rings. The number of hydrogen-bond donors (Lipinski definition) is 1. The SMILES string of the molecule is CCOC(=O)C1=CC2(CCC1S(=O)(=O)Nc1ccc(Br)cc1Br)OCCO2. The third-order valence-corrected chi connectivity index (χ3v) is 7.21. The maximum atomic E-state index is 13.0. The third kappa shape index (κ3) is 4.56. The summed E-state index contributed by atoms with van der Waals surface area (Å²) in [6.07, 6.45) is 1.97. The van der Waals surface area contributed by atoms with Gasteiger partial charge in [0, 0.05) is 15.4 Å². The molecular weight excluding hydrogens is 506 g/mol. The van der Waals surface area contributed by atoms with E-state index in [1.54, 1.807) is 25.1 Å². The van der Waals surface area contributed by atoms with Crippen LogP contribution in [0.2, 0.25) is 0 Å². The minimum Gasteiger partial charge on any atom is -0.463 e. The minimum atomic E-state index is -3.91. The van der Waals surface area contributed by atoms with Crippen molar-refractivity contribution in [3.63, 3.8) is 0 Å². The molecule has 7 nitrogen and oxygen atoms in total. The van der Waals surface area contributed by atoms with Crippen molar-refractivity contribution < 1.29 is 27.4 Å². The van der Waals surface area contributed by atoms with E-state index in [1.165, 1.54) is 6.08 Å². The highest BCUT2D eigenvalue weighted by Crippen LogP contribution is 2.38. The quantitative estimate of drug-likeness (QED) is 0.594. The highest BCUT2D eigenvalue weighted by Gasteiger charge is 2.46. The summed E-state index contributed by atoms with van der Waals surface area (Å²) in [5.41, 5.74) is 0.417. The molecule has 1 unspecified atom stereocenters. The molecule has 1 aromatic rings. The first-order chi connectivity index (χ1) is 12.8. The molecule has 2 aliphatic rings. The van der Waals surface area contributed by atoms with Crippen LogP contribution < -0.4 is 4.72 Å². The van der Waals surface area contributed by atoms with E-state index in [9.17, 15) is 13.2 Å². The Kier molecular flexibility index (Phi) is 6.31. The maximum absolute atomic E-state index is 13.0. The van der Waals surface area contributed by atoms with Gasteiger partial charge in [0.25, 0.3) is 0 Å². The molecule has 0 aromatic heterocycles. The molecule has 1 atom stereocenters. The highest BCUT2D eigenvalue weighted by molar-refractivity contribution is 9.11. The summed E-state index contributed by atoms with van der Waals surface area (Å²) in [4.78, 5) is 12.4. The zero-order valence-corrected chi connectivity index (χ0v) is 18.5. The number of sulfonamides is 1. The van der Waals surface area contributed by atoms with E-state index in [-0.39, 0.29) is 18.6 Å². The van der Waals surface area contributed by atoms with E-state index < -0.39 is 27.0 Å². The van der Waals surface area contributed by atoms with Crippen LogP contribution in [0.15, 0.2) is 38.8 Å². The molecule has 0 saturated carbocycles. The van der Waals surface area contributed by atoms with Crippen LogP contribution in [0, 0.1) is 0 Å². The van der Waals surface area contributed by atoms with Crippen LogP contribution >= 0.6 is 31.9 Å². The second kappa shape index (κ2) is 8.20. The van der Waals surface area contributed by atoms with Gasteiger partial charge in [-0.2, -0.15) is 0 Å². The summed E-state index contributed by atoms with van der Waals surface area (Å²) in [5, 5.41) is -1.06. The molecule has 3 rings (SSSR count). The van der Waals surface area contributed by atoms with Gasteiger partial charge in [0.1, 0.15) is 5.25 Å². The number of anilines is 1. The van der Waals surface area contributed by atoms with Crippen LogP contribution in [-0.4, -0.2) is 45.2 Å². The lowest BCUT2D eigenvalue weighted by molar-refractivity contribution is -0.143. The Morgan fingerprint density at radius 2 is 2.04 bits per heavy atom. The van der Waals surface area contributed by atoms with Crippen molar-refractivity contribution in [1.82, 2.24) is 0 Å². The smallest absolute Gasteiger partial charge is 0.335 e. The molecule has 0 radical (unpaired) electrons. The summed E-state index contributed by atoms with van der Waals surface area (Å²) >= 11 is 6.67. The van der Waals surface area contributed by atoms with E-state index in [2.05, 4.69) is 36.6 Å². The highest BCUT2D eigenvalue weighted by atomic mass is 79.9. The normalized spacial score (nSPS) is 21.7. The fraction of sp³-hybridized carbons (Fsp3) is 0.471. The lowest BCUT2D eigenvalue weighted by Gasteiger charge is -2.33. The van der Waals surface area contributed by atoms with Gasteiger partial charge in [0.2, 0.25) is 10.0 Å². The molecule has 148 valence electrons. The van der Waals surface area contributed by atoms with Crippen LogP contribution in [0.3, 0.4) is 0 Å². The van der Waals surface area contributed by atoms with Crippen LogP contribution in [0.1, 0.15) is 19.8 Å². The molecule has 1 aliphatic heterocycles. The number of rotatable bonds is 5. The van der Waals surface area contributed by atoms with Crippen molar-refractivity contribution in [2.24, 2.45) is 0 Å². The molecule has 1 heterocycles. The molecule has 10 heteroatoms. The average Bonchev–Trinajstić information content (AvgIpc) is 3.05. The number of carbonyl (C=O) groups is 1. The topological polar surface area (TPSA) is 90.9 Å². The molecule has 0 amide bonds. The fourth-order valence-corrected chi connectivity index (χ4v) is 5.94. The summed E-state index contributed by atoms with van der Waals surface area (Å²) in [5.74, 6) is -1.73. The van der Waals surface area contributed by atoms with Crippen LogP contribution in [0.4, 0.5) is 5.69 Å². The Labute approximate surface area is 174 Å². The van der Waals surface area contributed by atoms with Crippen molar-refractivity contribution in [2.45, 2.75) is 30.8 Å². The zero-order valence-electron chi connectivity index (χ0n) is 14.5. The van der Waals surface area contributed by atoms with Gasteiger partial charge in [-0.3, -0.25) is 4.72 Å². The molecule has 1 aliphatic carbocycles. The third-order valence-electron chi connectivity index (χ3n) is 4.32. The first kappa shape index (κ1) is 20.8. The summed E-state index contributed by atoms with van der Waals surface area (Å²) < 4.78 is 46.3. The van der Waals surface area contributed by atoms with Crippen LogP contribution in [0.5, 0.6) is 0 Å². The molecule has 1 saturated heterocycles. The van der Waals surface area contributed by atoms with E-state index in [0.29, 0.717) is 29.8 Å². The van der Waals surface area contributed by atoms with Gasteiger partial charge >= 0.3 is 5.97 Å². The van der Waals surface area contributed by atoms with Crippen molar-refractivity contribution in [3.05, 3.63) is 38.8 Å². The van der Waals surface area contributed by atoms with E-state index >= 15 is 0 Å². The standard InChI is InChI=1S/C17H19Br2NO6S/c1-2-24-16(21)12-10-17(25-7-8-26-17)6-5-15(12)27(22,23)20-14-4-3-11(18)9-13(14)19/h3-4,9-10,15,20H,2,5-8H2,1H3. The molecule has 1 N–H and O–H groups in total. The van der Waals surface area contributed by atoms with E-state index in [1.807, 2.05) is 0 Å². The summed E-state index contributed by atoms with van der Waals surface area (Å²) in [7, 11) is -3.91. The van der Waals surface area contributed by atoms with Gasteiger partial charge in [0.15, 0.2) is 5.79 Å². The Morgan fingerprint density at radius 3 is 2.67 bits per heavy atom. The number of benzene rings is 1. The molecular formula is C17H19Br2NO6S. The largest absolute Gasteiger partial charge is 0.463 e. The van der Waals surface area contributed by atoms with Crippen molar-refractivity contribution in [1.29, 1.82) is 0 Å². The fourth-order valence-electron chi connectivity index (χ4n) is 3.11. The van der Waals surface area contributed by atoms with E-state index in [0.717, 1.165) is 4.47 Å². The average molecular weight is 525 g/mol. The maximum Gasteiger partial charge on any atom is 0.335 e. The van der Waals surface area contributed by atoms with E-state index in [4.69, 9.17) is 14.2 Å². The van der Waals surface area contributed by atoms with Crippen molar-refractivity contribution in [2.75, 3.05) is 24.5 Å². The number of esters is 1. The lowest BCUT2D eigenvalue weighted by atomic mass is 9.94. The number of hydrogen-bond acceptors (Lipinski definition) is 6. The lowest BCUT2D eigenvalue weighted by Crippen LogP contribution is -2.42. The Balaban J connectivity index is 1.93. The number of carbonyl (C=O) groups excluding carboxylic acids is 1. The first-order valence-electron chi connectivity index (χ1n) is 8.41. The van der Waals surface area contributed by atoms with Gasteiger partial charge < -0.3 is 14.2 Å². The van der Waals surface area contributed by atoms with Gasteiger partial charge in [0.05, 0.1) is 31.1 Å². The van der Waals surface area contributed by atoms with Crippen molar-refractivity contribution >= 4 is 53.5 Å². The second-order valence-corrected chi connectivity index (χ2v) is 9.76. The number of ether oxygens (including phenoxy) is 3. The Morgan fingerprint density at radius 1 is 1.33 bits per heavy atom. The number of nitrogens with one attached hydrogen (secondary N) is 1. The van der Waals surface area contributed by atoms with Crippen molar-refractivity contribution in [3.8, 4) is 0 Å². The van der Waals surface area contributed by atoms with Gasteiger partial charge in [-0.05, 0) is 53.5 Å². The Hall–Kier alpha value is -0.940.